The quantitative estimate of drug-likeness (QED) is 0.673. The molecule has 0 amide bonds. The van der Waals surface area contributed by atoms with Crippen molar-refractivity contribution < 1.29 is 4.74 Å². The Kier molecular flexibility index (Phi) is 5.32. The summed E-state index contributed by atoms with van der Waals surface area (Å²) in [5.74, 6) is 0.921. The van der Waals surface area contributed by atoms with Gasteiger partial charge in [0.2, 0.25) is 0 Å². The number of benzene rings is 1. The van der Waals surface area contributed by atoms with Crippen molar-refractivity contribution in [2.24, 2.45) is 0 Å². The summed E-state index contributed by atoms with van der Waals surface area (Å²) in [6.45, 7) is 3.78. The molecule has 3 heterocycles. The molecule has 1 aliphatic rings. The first kappa shape index (κ1) is 17.9. The zero-order valence-corrected chi connectivity index (χ0v) is 16.0. The van der Waals surface area contributed by atoms with E-state index in [0.717, 1.165) is 44.0 Å². The van der Waals surface area contributed by atoms with Crippen molar-refractivity contribution >= 4 is 10.8 Å². The van der Waals surface area contributed by atoms with E-state index >= 15 is 0 Å². The Morgan fingerprint density at radius 1 is 1.19 bits per heavy atom. The summed E-state index contributed by atoms with van der Waals surface area (Å²) < 4.78 is 6.24. The molecule has 1 aliphatic heterocycles. The van der Waals surface area contributed by atoms with Gasteiger partial charge in [-0.05, 0) is 43.6 Å². The van der Waals surface area contributed by atoms with Crippen molar-refractivity contribution in [2.45, 2.75) is 25.6 Å². The molecule has 0 saturated carbocycles. The predicted molar refractivity (Wildman–Crippen MR) is 108 cm³/mol. The van der Waals surface area contributed by atoms with Gasteiger partial charge in [-0.2, -0.15) is 0 Å². The van der Waals surface area contributed by atoms with E-state index in [1.54, 1.807) is 0 Å². The van der Waals surface area contributed by atoms with Gasteiger partial charge >= 0.3 is 0 Å². The smallest absolute Gasteiger partial charge is 0.123 e. The standard InChI is InChI=1S/C22H26N4O/c1-25(2)15-19-12-20(6-10-24-19)27-21-8-11-26(16-21)14-18-5-3-4-17-13-23-9-7-22(17)18/h3-7,9-10,12-13,21H,8,11,14-16H2,1-2H3/t21-/m0/s1. The zero-order chi connectivity index (χ0) is 18.6. The number of fused-ring (bicyclic) bond motifs is 1. The molecule has 1 saturated heterocycles. The number of likely N-dealkylation sites (tertiary alicyclic amines) is 1. The van der Waals surface area contributed by atoms with Crippen LogP contribution in [0.1, 0.15) is 17.7 Å². The normalized spacial score (nSPS) is 17.7. The number of aromatic nitrogens is 2. The van der Waals surface area contributed by atoms with Crippen LogP contribution in [0.5, 0.6) is 5.75 Å². The monoisotopic (exact) mass is 362 g/mol. The van der Waals surface area contributed by atoms with E-state index in [4.69, 9.17) is 4.74 Å². The second kappa shape index (κ2) is 8.03. The summed E-state index contributed by atoms with van der Waals surface area (Å²) in [5, 5.41) is 2.49. The lowest BCUT2D eigenvalue weighted by Crippen LogP contribution is -2.24. The largest absolute Gasteiger partial charge is 0.489 e. The number of hydrogen-bond acceptors (Lipinski definition) is 5. The molecule has 1 aromatic carbocycles. The Balaban J connectivity index is 1.39. The van der Waals surface area contributed by atoms with Crippen molar-refractivity contribution in [2.75, 3.05) is 27.2 Å². The number of rotatable bonds is 6. The van der Waals surface area contributed by atoms with E-state index in [0.29, 0.717) is 0 Å². The van der Waals surface area contributed by atoms with Crippen LogP contribution in [0.15, 0.2) is 55.0 Å². The fraction of sp³-hybridized carbons (Fsp3) is 0.364. The first-order valence-corrected chi connectivity index (χ1v) is 9.48. The van der Waals surface area contributed by atoms with Crippen LogP contribution in [-0.4, -0.2) is 53.1 Å². The first-order chi connectivity index (χ1) is 13.2. The van der Waals surface area contributed by atoms with Gasteiger partial charge in [-0.3, -0.25) is 14.9 Å². The van der Waals surface area contributed by atoms with Crippen molar-refractivity contribution in [3.8, 4) is 5.75 Å². The van der Waals surface area contributed by atoms with Crippen LogP contribution in [0, 0.1) is 0 Å². The van der Waals surface area contributed by atoms with Crippen LogP contribution in [0.3, 0.4) is 0 Å². The molecule has 0 bridgehead atoms. The Hall–Kier alpha value is -2.50. The Morgan fingerprint density at radius 3 is 3.00 bits per heavy atom. The molecule has 0 radical (unpaired) electrons. The molecular weight excluding hydrogens is 336 g/mol. The van der Waals surface area contributed by atoms with Gasteiger partial charge in [0.1, 0.15) is 11.9 Å². The molecule has 27 heavy (non-hydrogen) atoms. The summed E-state index contributed by atoms with van der Waals surface area (Å²) in [6, 6.07) is 12.6. The Bertz CT molecular complexity index is 906. The zero-order valence-electron chi connectivity index (χ0n) is 16.0. The third-order valence-corrected chi connectivity index (χ3v) is 4.96. The molecule has 1 atom stereocenters. The highest BCUT2D eigenvalue weighted by atomic mass is 16.5. The second-order valence-electron chi connectivity index (χ2n) is 7.50. The van der Waals surface area contributed by atoms with Crippen molar-refractivity contribution in [3.63, 3.8) is 0 Å². The maximum absolute atomic E-state index is 6.24. The topological polar surface area (TPSA) is 41.5 Å². The van der Waals surface area contributed by atoms with Gasteiger partial charge in [-0.1, -0.05) is 18.2 Å². The van der Waals surface area contributed by atoms with E-state index < -0.39 is 0 Å². The lowest BCUT2D eigenvalue weighted by atomic mass is 10.1. The fourth-order valence-electron chi connectivity index (χ4n) is 3.74. The molecule has 140 valence electrons. The molecule has 1 fully saturated rings. The van der Waals surface area contributed by atoms with Crippen LogP contribution in [-0.2, 0) is 13.1 Å². The minimum atomic E-state index is 0.233. The van der Waals surface area contributed by atoms with E-state index in [-0.39, 0.29) is 6.10 Å². The molecule has 0 unspecified atom stereocenters. The van der Waals surface area contributed by atoms with E-state index in [2.05, 4.69) is 50.1 Å². The molecule has 3 aromatic rings. The van der Waals surface area contributed by atoms with Gasteiger partial charge in [0.05, 0.1) is 5.69 Å². The van der Waals surface area contributed by atoms with Crippen LogP contribution in [0.4, 0.5) is 0 Å². The molecule has 5 nitrogen and oxygen atoms in total. The minimum absolute atomic E-state index is 0.233. The lowest BCUT2D eigenvalue weighted by molar-refractivity contribution is 0.198. The molecule has 0 spiro atoms. The third kappa shape index (κ3) is 4.43. The summed E-state index contributed by atoms with van der Waals surface area (Å²) in [5.41, 5.74) is 2.39. The van der Waals surface area contributed by atoms with Crippen LogP contribution in [0.25, 0.3) is 10.8 Å². The van der Waals surface area contributed by atoms with Gasteiger partial charge in [-0.15, -0.1) is 0 Å². The Morgan fingerprint density at radius 2 is 2.11 bits per heavy atom. The highest BCUT2D eigenvalue weighted by molar-refractivity contribution is 5.84. The van der Waals surface area contributed by atoms with Gasteiger partial charge < -0.3 is 9.64 Å². The van der Waals surface area contributed by atoms with Crippen molar-refractivity contribution in [3.05, 3.63) is 66.2 Å². The molecule has 0 aliphatic carbocycles. The van der Waals surface area contributed by atoms with Crippen LogP contribution < -0.4 is 4.74 Å². The van der Waals surface area contributed by atoms with Crippen molar-refractivity contribution in [1.82, 2.24) is 19.8 Å². The number of nitrogens with zero attached hydrogens (tertiary/aromatic N) is 4. The minimum Gasteiger partial charge on any atom is -0.489 e. The summed E-state index contributed by atoms with van der Waals surface area (Å²) >= 11 is 0. The van der Waals surface area contributed by atoms with Gasteiger partial charge in [0, 0.05) is 56.2 Å². The average molecular weight is 362 g/mol. The summed E-state index contributed by atoms with van der Waals surface area (Å²) in [7, 11) is 4.10. The van der Waals surface area contributed by atoms with E-state index in [1.807, 2.05) is 38.8 Å². The molecule has 4 rings (SSSR count). The van der Waals surface area contributed by atoms with Crippen LogP contribution in [0.2, 0.25) is 0 Å². The number of pyridine rings is 2. The SMILES string of the molecule is CN(C)Cc1cc(O[C@H]2CCN(Cc3cccc4cnccc34)C2)ccn1. The summed E-state index contributed by atoms with van der Waals surface area (Å²) in [6.07, 6.45) is 6.93. The predicted octanol–water partition coefficient (Wildman–Crippen LogP) is 3.34. The van der Waals surface area contributed by atoms with Gasteiger partial charge in [0.25, 0.3) is 0 Å². The highest BCUT2D eigenvalue weighted by Gasteiger charge is 2.24. The fourth-order valence-corrected chi connectivity index (χ4v) is 3.74. The molecular formula is C22H26N4O. The van der Waals surface area contributed by atoms with E-state index in [9.17, 15) is 0 Å². The molecule has 2 aromatic heterocycles. The van der Waals surface area contributed by atoms with Gasteiger partial charge in [-0.25, -0.2) is 0 Å². The number of ether oxygens (including phenoxy) is 1. The first-order valence-electron chi connectivity index (χ1n) is 9.48. The van der Waals surface area contributed by atoms with Crippen molar-refractivity contribution in [1.29, 1.82) is 0 Å². The van der Waals surface area contributed by atoms with E-state index in [1.165, 1.54) is 16.3 Å². The molecule has 5 heteroatoms. The van der Waals surface area contributed by atoms with Gasteiger partial charge in [0.15, 0.2) is 0 Å². The maximum atomic E-state index is 6.24. The third-order valence-electron chi connectivity index (χ3n) is 4.96. The average Bonchev–Trinajstić information content (AvgIpc) is 3.09. The Labute approximate surface area is 160 Å². The highest BCUT2D eigenvalue weighted by Crippen LogP contribution is 2.23. The molecule has 0 N–H and O–H groups in total. The lowest BCUT2D eigenvalue weighted by Gasteiger charge is -2.18. The second-order valence-corrected chi connectivity index (χ2v) is 7.50. The van der Waals surface area contributed by atoms with Crippen LogP contribution >= 0.6 is 0 Å². The summed E-state index contributed by atoms with van der Waals surface area (Å²) in [4.78, 5) is 13.2. The number of hydrogen-bond donors (Lipinski definition) is 0. The maximum Gasteiger partial charge on any atom is 0.123 e.